The van der Waals surface area contributed by atoms with Crippen LogP contribution in [0.4, 0.5) is 5.13 Å². The molecule has 134 valence electrons. The molecule has 0 N–H and O–H groups in total. The SMILES string of the molecule is O=C(c1ccccc1I)N(CC1CCCO1)c1nc2c(Cl)cccc2s1. The number of carbonyl (C=O) groups is 1. The van der Waals surface area contributed by atoms with Gasteiger partial charge in [0.05, 0.1) is 27.9 Å². The summed E-state index contributed by atoms with van der Waals surface area (Å²) in [5.41, 5.74) is 1.42. The zero-order valence-corrected chi connectivity index (χ0v) is 17.6. The Labute approximate surface area is 174 Å². The third-order valence-electron chi connectivity index (χ3n) is 4.35. The fourth-order valence-corrected chi connectivity index (χ4v) is 4.93. The van der Waals surface area contributed by atoms with E-state index in [4.69, 9.17) is 16.3 Å². The first-order chi connectivity index (χ1) is 12.6. The van der Waals surface area contributed by atoms with Gasteiger partial charge in [0, 0.05) is 10.2 Å². The van der Waals surface area contributed by atoms with Crippen molar-refractivity contribution in [2.75, 3.05) is 18.1 Å². The molecule has 2 heterocycles. The van der Waals surface area contributed by atoms with Gasteiger partial charge < -0.3 is 4.74 Å². The zero-order chi connectivity index (χ0) is 18.1. The quantitative estimate of drug-likeness (QED) is 0.454. The Balaban J connectivity index is 1.75. The van der Waals surface area contributed by atoms with Gasteiger partial charge in [0.2, 0.25) is 0 Å². The summed E-state index contributed by atoms with van der Waals surface area (Å²) in [5, 5.41) is 1.26. The van der Waals surface area contributed by atoms with E-state index in [0.717, 1.165) is 33.2 Å². The van der Waals surface area contributed by atoms with E-state index in [1.54, 1.807) is 4.90 Å². The average molecular weight is 499 g/mol. The number of amides is 1. The molecule has 3 aromatic rings. The molecule has 0 spiro atoms. The zero-order valence-electron chi connectivity index (χ0n) is 13.8. The van der Waals surface area contributed by atoms with E-state index in [1.807, 2.05) is 42.5 Å². The van der Waals surface area contributed by atoms with Gasteiger partial charge in [0.15, 0.2) is 5.13 Å². The largest absolute Gasteiger partial charge is 0.376 e. The van der Waals surface area contributed by atoms with Crippen LogP contribution in [-0.2, 0) is 4.74 Å². The van der Waals surface area contributed by atoms with Crippen molar-refractivity contribution in [3.63, 3.8) is 0 Å². The van der Waals surface area contributed by atoms with Gasteiger partial charge in [-0.3, -0.25) is 9.69 Å². The molecular formula is C19H16ClIN2O2S. The van der Waals surface area contributed by atoms with Crippen molar-refractivity contribution in [1.82, 2.24) is 4.98 Å². The molecule has 26 heavy (non-hydrogen) atoms. The number of halogens is 2. The lowest BCUT2D eigenvalue weighted by Gasteiger charge is -2.23. The van der Waals surface area contributed by atoms with Gasteiger partial charge in [-0.1, -0.05) is 41.1 Å². The number of hydrogen-bond acceptors (Lipinski definition) is 4. The van der Waals surface area contributed by atoms with Crippen molar-refractivity contribution >= 4 is 66.8 Å². The second-order valence-electron chi connectivity index (χ2n) is 6.11. The highest BCUT2D eigenvalue weighted by molar-refractivity contribution is 14.1. The number of thiazole rings is 1. The van der Waals surface area contributed by atoms with Gasteiger partial charge in [-0.2, -0.15) is 0 Å². The van der Waals surface area contributed by atoms with Crippen LogP contribution < -0.4 is 4.90 Å². The lowest BCUT2D eigenvalue weighted by Crippen LogP contribution is -2.37. The van der Waals surface area contributed by atoms with Crippen LogP contribution in [0.3, 0.4) is 0 Å². The third kappa shape index (κ3) is 3.60. The van der Waals surface area contributed by atoms with Crippen LogP contribution in [-0.4, -0.2) is 30.1 Å². The summed E-state index contributed by atoms with van der Waals surface area (Å²) < 4.78 is 7.67. The van der Waals surface area contributed by atoms with Crippen LogP contribution in [0.2, 0.25) is 5.02 Å². The van der Waals surface area contributed by atoms with Gasteiger partial charge >= 0.3 is 0 Å². The third-order valence-corrected chi connectivity index (χ3v) is 6.64. The molecule has 0 aliphatic carbocycles. The van der Waals surface area contributed by atoms with Gasteiger partial charge in [-0.25, -0.2) is 4.98 Å². The van der Waals surface area contributed by atoms with E-state index in [0.29, 0.717) is 22.3 Å². The maximum Gasteiger partial charge on any atom is 0.261 e. The molecule has 4 rings (SSSR count). The van der Waals surface area contributed by atoms with Crippen LogP contribution in [0.25, 0.3) is 10.2 Å². The molecule has 7 heteroatoms. The predicted octanol–water partition coefficient (Wildman–Crippen LogP) is 5.38. The molecule has 1 amide bonds. The van der Waals surface area contributed by atoms with Crippen LogP contribution >= 0.6 is 45.5 Å². The van der Waals surface area contributed by atoms with E-state index in [9.17, 15) is 4.79 Å². The highest BCUT2D eigenvalue weighted by atomic mass is 127. The van der Waals surface area contributed by atoms with Gasteiger partial charge in [-0.05, 0) is 59.7 Å². The van der Waals surface area contributed by atoms with Crippen LogP contribution in [0.1, 0.15) is 23.2 Å². The number of benzene rings is 2. The summed E-state index contributed by atoms with van der Waals surface area (Å²) in [6.45, 7) is 1.25. The summed E-state index contributed by atoms with van der Waals surface area (Å²) in [6.07, 6.45) is 2.03. The van der Waals surface area contributed by atoms with Crippen molar-refractivity contribution in [2.24, 2.45) is 0 Å². The van der Waals surface area contributed by atoms with Gasteiger partial charge in [0.1, 0.15) is 5.52 Å². The molecule has 1 aliphatic heterocycles. The van der Waals surface area contributed by atoms with Crippen molar-refractivity contribution in [2.45, 2.75) is 18.9 Å². The van der Waals surface area contributed by atoms with Crippen molar-refractivity contribution in [3.05, 3.63) is 56.6 Å². The first kappa shape index (κ1) is 18.2. The second-order valence-corrected chi connectivity index (χ2v) is 8.69. The highest BCUT2D eigenvalue weighted by Gasteiger charge is 2.28. The normalized spacial score (nSPS) is 16.9. The fourth-order valence-electron chi connectivity index (χ4n) is 3.04. The molecule has 0 radical (unpaired) electrons. The minimum Gasteiger partial charge on any atom is -0.376 e. The Morgan fingerprint density at radius 2 is 2.15 bits per heavy atom. The summed E-state index contributed by atoms with van der Waals surface area (Å²) >= 11 is 9.96. The number of aromatic nitrogens is 1. The molecule has 2 aromatic carbocycles. The molecule has 1 atom stereocenters. The summed E-state index contributed by atoms with van der Waals surface area (Å²) in [6, 6.07) is 13.3. The van der Waals surface area contributed by atoms with E-state index in [2.05, 4.69) is 27.6 Å². The molecule has 1 aliphatic rings. The standard InChI is InChI=1S/C19H16ClIN2O2S/c20-14-7-3-9-16-17(14)22-19(26-16)23(11-12-5-4-10-25-12)18(24)13-6-1-2-8-15(13)21/h1-3,6-9,12H,4-5,10-11H2. The lowest BCUT2D eigenvalue weighted by molar-refractivity contribution is 0.0916. The number of rotatable bonds is 4. The number of fused-ring (bicyclic) bond motifs is 1. The van der Waals surface area contributed by atoms with E-state index >= 15 is 0 Å². The summed E-state index contributed by atoms with van der Waals surface area (Å²) in [7, 11) is 0. The minimum absolute atomic E-state index is 0.0443. The monoisotopic (exact) mass is 498 g/mol. The summed E-state index contributed by atoms with van der Waals surface area (Å²) in [5.74, 6) is -0.0549. The second kappa shape index (κ2) is 7.80. The van der Waals surface area contributed by atoms with E-state index in [-0.39, 0.29) is 12.0 Å². The number of hydrogen-bond donors (Lipinski definition) is 0. The number of ether oxygens (including phenoxy) is 1. The van der Waals surface area contributed by atoms with Crippen molar-refractivity contribution in [1.29, 1.82) is 0 Å². The maximum absolute atomic E-state index is 13.3. The number of anilines is 1. The highest BCUT2D eigenvalue weighted by Crippen LogP contribution is 2.34. The Hall–Kier alpha value is -1.22. The average Bonchev–Trinajstić information content (AvgIpc) is 3.29. The first-order valence-electron chi connectivity index (χ1n) is 8.36. The molecule has 1 unspecified atom stereocenters. The smallest absolute Gasteiger partial charge is 0.261 e. The van der Waals surface area contributed by atoms with Crippen LogP contribution in [0.5, 0.6) is 0 Å². The number of carbonyl (C=O) groups excluding carboxylic acids is 1. The fraction of sp³-hybridized carbons (Fsp3) is 0.263. The van der Waals surface area contributed by atoms with E-state index < -0.39 is 0 Å². The number of para-hydroxylation sites is 1. The molecule has 1 aromatic heterocycles. The Morgan fingerprint density at radius 3 is 2.88 bits per heavy atom. The number of nitrogens with zero attached hydrogens (tertiary/aromatic N) is 2. The molecular weight excluding hydrogens is 483 g/mol. The Kier molecular flexibility index (Phi) is 5.45. The minimum atomic E-state index is -0.0549. The predicted molar refractivity (Wildman–Crippen MR) is 114 cm³/mol. The lowest BCUT2D eigenvalue weighted by atomic mass is 10.2. The van der Waals surface area contributed by atoms with Crippen LogP contribution in [0, 0.1) is 3.57 Å². The Morgan fingerprint density at radius 1 is 1.31 bits per heavy atom. The Bertz CT molecular complexity index is 956. The van der Waals surface area contributed by atoms with Crippen molar-refractivity contribution < 1.29 is 9.53 Å². The van der Waals surface area contributed by atoms with Gasteiger partial charge in [-0.15, -0.1) is 0 Å². The molecule has 4 nitrogen and oxygen atoms in total. The topological polar surface area (TPSA) is 42.4 Å². The van der Waals surface area contributed by atoms with Crippen LogP contribution in [0.15, 0.2) is 42.5 Å². The molecule has 0 bridgehead atoms. The first-order valence-corrected chi connectivity index (χ1v) is 10.6. The molecule has 1 saturated heterocycles. The maximum atomic E-state index is 13.3. The molecule has 0 saturated carbocycles. The van der Waals surface area contributed by atoms with Crippen molar-refractivity contribution in [3.8, 4) is 0 Å². The summed E-state index contributed by atoms with van der Waals surface area (Å²) in [4.78, 5) is 19.7. The van der Waals surface area contributed by atoms with E-state index in [1.165, 1.54) is 11.3 Å². The van der Waals surface area contributed by atoms with Gasteiger partial charge in [0.25, 0.3) is 5.91 Å². The molecule has 1 fully saturated rings.